The molecule has 4 aromatic rings. The lowest BCUT2D eigenvalue weighted by Crippen LogP contribution is -2.26. The molecule has 1 fully saturated rings. The first-order valence-corrected chi connectivity index (χ1v) is 9.40. The third-order valence-corrected chi connectivity index (χ3v) is 5.76. The molecule has 1 N–H and O–H groups in total. The van der Waals surface area contributed by atoms with Gasteiger partial charge in [0.05, 0.1) is 11.9 Å². The predicted molar refractivity (Wildman–Crippen MR) is 97.2 cm³/mol. The molecule has 1 saturated heterocycles. The molecule has 1 aliphatic rings. The van der Waals surface area contributed by atoms with E-state index in [9.17, 15) is 0 Å². The van der Waals surface area contributed by atoms with Gasteiger partial charge in [0.25, 0.3) is 0 Å². The summed E-state index contributed by atoms with van der Waals surface area (Å²) in [5, 5.41) is 13.5. The largest absolute Gasteiger partial charge is 0.317 e. The van der Waals surface area contributed by atoms with Gasteiger partial charge < -0.3 is 5.32 Å². The van der Waals surface area contributed by atoms with Gasteiger partial charge >= 0.3 is 0 Å². The second kappa shape index (κ2) is 5.60. The summed E-state index contributed by atoms with van der Waals surface area (Å²) >= 11 is 1.63. The number of pyridine rings is 1. The van der Waals surface area contributed by atoms with Gasteiger partial charge in [-0.05, 0) is 51.9 Å². The number of aromatic nitrogens is 6. The van der Waals surface area contributed by atoms with Crippen molar-refractivity contribution >= 4 is 21.9 Å². The van der Waals surface area contributed by atoms with Crippen LogP contribution in [0.4, 0.5) is 0 Å². The summed E-state index contributed by atoms with van der Waals surface area (Å²) in [5.74, 6) is 1.33. The molecule has 0 spiro atoms. The predicted octanol–water partition coefficient (Wildman–Crippen LogP) is 2.58. The van der Waals surface area contributed by atoms with E-state index in [-0.39, 0.29) is 0 Å². The number of nitrogens with one attached hydrogen (secondary N) is 1. The van der Waals surface area contributed by atoms with Gasteiger partial charge in [0.2, 0.25) is 4.96 Å². The highest BCUT2D eigenvalue weighted by molar-refractivity contribution is 7.19. The molecule has 0 aliphatic carbocycles. The molecule has 0 saturated carbocycles. The molecular weight excluding hydrogens is 334 g/mol. The molecule has 0 radical (unpaired) electrons. The Morgan fingerprint density at radius 2 is 1.96 bits per heavy atom. The summed E-state index contributed by atoms with van der Waals surface area (Å²) in [6, 6.07) is 4.14. The summed E-state index contributed by atoms with van der Waals surface area (Å²) in [5.41, 5.74) is 4.15. The molecule has 0 amide bonds. The van der Waals surface area contributed by atoms with Crippen molar-refractivity contribution in [3.8, 4) is 10.6 Å². The summed E-state index contributed by atoms with van der Waals surface area (Å²) in [4.78, 5) is 10.3. The zero-order valence-electron chi connectivity index (χ0n) is 14.2. The maximum atomic E-state index is 4.83. The third-order valence-electron chi connectivity index (χ3n) is 4.79. The fraction of sp³-hybridized carbons (Fsp3) is 0.412. The Hall–Kier alpha value is -2.32. The smallest absolute Gasteiger partial charge is 0.212 e. The Kier molecular flexibility index (Phi) is 3.36. The summed E-state index contributed by atoms with van der Waals surface area (Å²) in [6.07, 6.45) is 4.40. The minimum Gasteiger partial charge on any atom is -0.317 e. The first kappa shape index (κ1) is 15.0. The van der Waals surface area contributed by atoms with Crippen molar-refractivity contribution in [2.45, 2.75) is 32.6 Å². The number of aryl methyl sites for hydroxylation is 2. The van der Waals surface area contributed by atoms with Gasteiger partial charge in [0, 0.05) is 17.2 Å². The monoisotopic (exact) mass is 353 g/mol. The van der Waals surface area contributed by atoms with Crippen LogP contribution in [0.3, 0.4) is 0 Å². The van der Waals surface area contributed by atoms with Crippen LogP contribution in [0.5, 0.6) is 0 Å². The second-order valence-electron chi connectivity index (χ2n) is 6.64. The molecule has 1 aliphatic heterocycles. The van der Waals surface area contributed by atoms with Gasteiger partial charge in [0.1, 0.15) is 10.8 Å². The lowest BCUT2D eigenvalue weighted by molar-refractivity contribution is 0.454. The Bertz CT molecular complexity index is 1040. The fourth-order valence-electron chi connectivity index (χ4n) is 3.52. The van der Waals surface area contributed by atoms with Crippen molar-refractivity contribution in [1.29, 1.82) is 0 Å². The van der Waals surface area contributed by atoms with Crippen LogP contribution in [0, 0.1) is 13.8 Å². The Balaban J connectivity index is 1.53. The van der Waals surface area contributed by atoms with Gasteiger partial charge in [-0.2, -0.15) is 10.2 Å². The van der Waals surface area contributed by atoms with E-state index in [1.807, 2.05) is 28.9 Å². The molecule has 0 unspecified atom stereocenters. The summed E-state index contributed by atoms with van der Waals surface area (Å²) in [6.45, 7) is 6.10. The standard InChI is InChI=1S/C17H19N7S/c1-10-7-13(8-15-19-11(2)21-24(10)15)16-22-23-9-14(20-17(23)25-16)12-3-5-18-6-4-12/h7-9,12,18H,3-6H2,1-2H3. The average molecular weight is 353 g/mol. The van der Waals surface area contributed by atoms with E-state index in [4.69, 9.17) is 10.1 Å². The molecule has 128 valence electrons. The van der Waals surface area contributed by atoms with Crippen LogP contribution < -0.4 is 5.32 Å². The molecular formula is C17H19N7S. The molecule has 5 rings (SSSR count). The molecule has 25 heavy (non-hydrogen) atoms. The van der Waals surface area contributed by atoms with Crippen LogP contribution in [0.25, 0.3) is 21.2 Å². The normalized spacial score (nSPS) is 16.2. The molecule has 5 heterocycles. The van der Waals surface area contributed by atoms with Crippen molar-refractivity contribution in [2.75, 3.05) is 13.1 Å². The van der Waals surface area contributed by atoms with Gasteiger partial charge in [-0.25, -0.2) is 19.0 Å². The van der Waals surface area contributed by atoms with Gasteiger partial charge in [-0.15, -0.1) is 0 Å². The fourth-order valence-corrected chi connectivity index (χ4v) is 4.40. The quantitative estimate of drug-likeness (QED) is 0.600. The lowest BCUT2D eigenvalue weighted by Gasteiger charge is -2.20. The topological polar surface area (TPSA) is 72.4 Å². The van der Waals surface area contributed by atoms with Crippen molar-refractivity contribution in [1.82, 2.24) is 34.5 Å². The number of nitrogens with zero attached hydrogens (tertiary/aromatic N) is 6. The first-order valence-electron chi connectivity index (χ1n) is 8.58. The highest BCUT2D eigenvalue weighted by Gasteiger charge is 2.20. The summed E-state index contributed by atoms with van der Waals surface area (Å²) < 4.78 is 3.79. The van der Waals surface area contributed by atoms with E-state index in [1.54, 1.807) is 11.3 Å². The zero-order valence-corrected chi connectivity index (χ0v) is 15.0. The number of fused-ring (bicyclic) bond motifs is 2. The third kappa shape index (κ3) is 2.52. The van der Waals surface area contributed by atoms with Crippen molar-refractivity contribution in [3.05, 3.63) is 35.5 Å². The van der Waals surface area contributed by atoms with Crippen LogP contribution in [0.15, 0.2) is 18.3 Å². The van der Waals surface area contributed by atoms with Gasteiger partial charge in [-0.3, -0.25) is 0 Å². The minimum atomic E-state index is 0.552. The Morgan fingerprint density at radius 1 is 1.12 bits per heavy atom. The van der Waals surface area contributed by atoms with Crippen molar-refractivity contribution < 1.29 is 0 Å². The van der Waals surface area contributed by atoms with E-state index in [0.29, 0.717) is 5.92 Å². The maximum Gasteiger partial charge on any atom is 0.212 e. The highest BCUT2D eigenvalue weighted by Crippen LogP contribution is 2.30. The first-order chi connectivity index (χ1) is 12.2. The highest BCUT2D eigenvalue weighted by atomic mass is 32.1. The average Bonchev–Trinajstić information content (AvgIpc) is 3.27. The van der Waals surface area contributed by atoms with Crippen molar-refractivity contribution in [3.63, 3.8) is 0 Å². The van der Waals surface area contributed by atoms with E-state index < -0.39 is 0 Å². The SMILES string of the molecule is Cc1nc2cc(-c3nn4cc(C5CCNCC5)nc4s3)cc(C)n2n1. The Morgan fingerprint density at radius 3 is 2.76 bits per heavy atom. The number of hydrogen-bond acceptors (Lipinski definition) is 6. The van der Waals surface area contributed by atoms with Crippen LogP contribution in [0.1, 0.15) is 36.0 Å². The van der Waals surface area contributed by atoms with Gasteiger partial charge in [-0.1, -0.05) is 11.3 Å². The Labute approximate surface area is 148 Å². The van der Waals surface area contributed by atoms with E-state index in [0.717, 1.165) is 58.6 Å². The minimum absolute atomic E-state index is 0.552. The number of hydrogen-bond donors (Lipinski definition) is 1. The van der Waals surface area contributed by atoms with E-state index >= 15 is 0 Å². The van der Waals surface area contributed by atoms with E-state index in [1.165, 1.54) is 5.69 Å². The molecule has 0 bridgehead atoms. The number of rotatable bonds is 2. The van der Waals surface area contributed by atoms with Crippen LogP contribution in [-0.4, -0.2) is 42.3 Å². The maximum absolute atomic E-state index is 4.83. The van der Waals surface area contributed by atoms with Crippen molar-refractivity contribution in [2.24, 2.45) is 0 Å². The van der Waals surface area contributed by atoms with E-state index in [2.05, 4.69) is 27.7 Å². The molecule has 0 aromatic carbocycles. The molecule has 8 heteroatoms. The summed E-state index contributed by atoms with van der Waals surface area (Å²) in [7, 11) is 0. The lowest BCUT2D eigenvalue weighted by atomic mass is 9.95. The number of imidazole rings is 1. The second-order valence-corrected chi connectivity index (χ2v) is 7.59. The van der Waals surface area contributed by atoms with Crippen LogP contribution in [-0.2, 0) is 0 Å². The van der Waals surface area contributed by atoms with Crippen LogP contribution in [0.2, 0.25) is 0 Å². The van der Waals surface area contributed by atoms with Gasteiger partial charge in [0.15, 0.2) is 5.65 Å². The number of piperidine rings is 1. The molecule has 4 aromatic heterocycles. The zero-order chi connectivity index (χ0) is 17.0. The molecule has 0 atom stereocenters. The molecule has 7 nitrogen and oxygen atoms in total. The van der Waals surface area contributed by atoms with Crippen LogP contribution >= 0.6 is 11.3 Å².